The van der Waals surface area contributed by atoms with Crippen LogP contribution in [0.4, 0.5) is 0 Å². The molecule has 1 saturated carbocycles. The van der Waals surface area contributed by atoms with E-state index in [2.05, 4.69) is 10.6 Å². The molecule has 7 N–H and O–H groups in total. The summed E-state index contributed by atoms with van der Waals surface area (Å²) < 4.78 is 0. The number of aliphatic hydroxyl groups is 2. The minimum atomic E-state index is -1.34. The number of carbonyl (C=O) groups excluding carboxylic acids is 3. The van der Waals surface area contributed by atoms with Crippen LogP contribution < -0.4 is 16.4 Å². The molecule has 0 bridgehead atoms. The minimum Gasteiger partial charge on any atom is -0.481 e. The van der Waals surface area contributed by atoms with Crippen molar-refractivity contribution in [1.29, 1.82) is 0 Å². The number of carboxylic acids is 1. The maximum Gasteiger partial charge on any atom is 0.303 e. The van der Waals surface area contributed by atoms with Gasteiger partial charge in [-0.05, 0) is 29.7 Å². The van der Waals surface area contributed by atoms with Crippen LogP contribution in [0.2, 0.25) is 0 Å². The zero-order valence-electron chi connectivity index (χ0n) is 18.7. The van der Waals surface area contributed by atoms with E-state index < -0.39 is 53.4 Å². The standard InChI is InChI=1S/C23H31N3O7S/c24-21(32)16(10-14-4-3-7-34-14)26-22(33)13-8-15(20(31)17(27)9-13)25-18(28)11-23(12-19(29)30)5-1-2-6-23/h3-4,7-8,15-17,20,27,31H,1-2,5-6,9-12H2,(H2,24,32)(H,25,28)(H,26,33)(H,29,30). The van der Waals surface area contributed by atoms with Crippen LogP contribution in [-0.2, 0) is 25.6 Å². The third-order valence-corrected chi connectivity index (χ3v) is 7.45. The van der Waals surface area contributed by atoms with E-state index in [1.165, 1.54) is 17.4 Å². The Kier molecular flexibility index (Phi) is 8.45. The van der Waals surface area contributed by atoms with Crippen LogP contribution >= 0.6 is 11.3 Å². The number of primary amides is 1. The summed E-state index contributed by atoms with van der Waals surface area (Å²) in [5.41, 5.74) is 4.92. The molecule has 1 heterocycles. The molecule has 10 nitrogen and oxygen atoms in total. The van der Waals surface area contributed by atoms with Crippen molar-refractivity contribution >= 4 is 35.0 Å². The zero-order valence-corrected chi connectivity index (χ0v) is 19.6. The van der Waals surface area contributed by atoms with Gasteiger partial charge in [-0.1, -0.05) is 25.0 Å². The molecule has 11 heteroatoms. The highest BCUT2D eigenvalue weighted by Crippen LogP contribution is 2.44. The van der Waals surface area contributed by atoms with Crippen molar-refractivity contribution in [3.8, 4) is 0 Å². The number of aliphatic carboxylic acids is 1. The largest absolute Gasteiger partial charge is 0.481 e. The summed E-state index contributed by atoms with van der Waals surface area (Å²) in [6, 6.07) is 1.65. The summed E-state index contributed by atoms with van der Waals surface area (Å²) in [7, 11) is 0. The van der Waals surface area contributed by atoms with Gasteiger partial charge in [0.2, 0.25) is 17.7 Å². The van der Waals surface area contributed by atoms with Crippen molar-refractivity contribution in [1.82, 2.24) is 10.6 Å². The van der Waals surface area contributed by atoms with Gasteiger partial charge in [0, 0.05) is 29.7 Å². The van der Waals surface area contributed by atoms with Gasteiger partial charge in [-0.3, -0.25) is 19.2 Å². The molecular weight excluding hydrogens is 462 g/mol. The van der Waals surface area contributed by atoms with Crippen LogP contribution in [0.3, 0.4) is 0 Å². The Morgan fingerprint density at radius 2 is 1.88 bits per heavy atom. The number of carbonyl (C=O) groups is 4. The Hall–Kier alpha value is -2.76. The zero-order chi connectivity index (χ0) is 24.9. The molecular formula is C23H31N3O7S. The van der Waals surface area contributed by atoms with Crippen molar-refractivity contribution in [3.05, 3.63) is 34.0 Å². The Labute approximate surface area is 201 Å². The SMILES string of the molecule is NC(=O)C(Cc1cccs1)NC(=O)C1=CC(NC(=O)CC2(CC(=O)O)CCCC2)C(O)C(O)C1. The fourth-order valence-corrected chi connectivity index (χ4v) is 5.56. The highest BCUT2D eigenvalue weighted by molar-refractivity contribution is 7.09. The molecule has 34 heavy (non-hydrogen) atoms. The monoisotopic (exact) mass is 493 g/mol. The average molecular weight is 494 g/mol. The van der Waals surface area contributed by atoms with Crippen LogP contribution in [0, 0.1) is 5.41 Å². The molecule has 0 aromatic carbocycles. The van der Waals surface area contributed by atoms with E-state index in [1.54, 1.807) is 0 Å². The lowest BCUT2D eigenvalue weighted by Crippen LogP contribution is -2.52. The molecule has 4 atom stereocenters. The summed E-state index contributed by atoms with van der Waals surface area (Å²) in [4.78, 5) is 49.6. The van der Waals surface area contributed by atoms with Gasteiger partial charge >= 0.3 is 5.97 Å². The number of nitrogens with two attached hydrogens (primary N) is 1. The maximum atomic E-state index is 12.8. The van der Waals surface area contributed by atoms with Crippen molar-refractivity contribution in [3.63, 3.8) is 0 Å². The molecule has 1 fully saturated rings. The molecule has 0 radical (unpaired) electrons. The van der Waals surface area contributed by atoms with Gasteiger partial charge in [-0.15, -0.1) is 11.3 Å². The van der Waals surface area contributed by atoms with Crippen LogP contribution in [0.1, 0.15) is 49.8 Å². The van der Waals surface area contributed by atoms with E-state index in [0.29, 0.717) is 12.8 Å². The van der Waals surface area contributed by atoms with Crippen LogP contribution in [-0.4, -0.2) is 63.3 Å². The number of aliphatic hydroxyl groups excluding tert-OH is 2. The summed E-state index contributed by atoms with van der Waals surface area (Å²) >= 11 is 1.42. The molecule has 3 amide bonds. The Balaban J connectivity index is 1.68. The predicted octanol–water partition coefficient (Wildman–Crippen LogP) is 0.223. The van der Waals surface area contributed by atoms with Crippen molar-refractivity contribution in [2.24, 2.45) is 11.1 Å². The van der Waals surface area contributed by atoms with E-state index in [0.717, 1.165) is 17.7 Å². The molecule has 3 rings (SSSR count). The summed E-state index contributed by atoms with van der Waals surface area (Å²) in [6.07, 6.45) is 1.62. The smallest absolute Gasteiger partial charge is 0.303 e. The second-order valence-electron chi connectivity index (χ2n) is 9.21. The lowest BCUT2D eigenvalue weighted by Gasteiger charge is -2.33. The summed E-state index contributed by atoms with van der Waals surface area (Å²) in [6.45, 7) is 0. The van der Waals surface area contributed by atoms with E-state index in [9.17, 15) is 34.5 Å². The Morgan fingerprint density at radius 1 is 1.18 bits per heavy atom. The first-order valence-corrected chi connectivity index (χ1v) is 12.2. The number of hydrogen-bond acceptors (Lipinski definition) is 7. The number of carboxylic acid groups (broad SMARTS) is 1. The highest BCUT2D eigenvalue weighted by Gasteiger charge is 2.40. The van der Waals surface area contributed by atoms with Gasteiger partial charge in [-0.2, -0.15) is 0 Å². The molecule has 2 aliphatic carbocycles. The number of rotatable bonds is 10. The molecule has 4 unspecified atom stereocenters. The van der Waals surface area contributed by atoms with Gasteiger partial charge < -0.3 is 31.7 Å². The van der Waals surface area contributed by atoms with E-state index in [4.69, 9.17) is 5.73 Å². The number of nitrogens with one attached hydrogen (secondary N) is 2. The topological polar surface area (TPSA) is 179 Å². The van der Waals surface area contributed by atoms with Crippen LogP contribution in [0.5, 0.6) is 0 Å². The Bertz CT molecular complexity index is 940. The number of thiophene rings is 1. The molecule has 1 aromatic heterocycles. The summed E-state index contributed by atoms with van der Waals surface area (Å²) in [5, 5.41) is 37.0. The lowest BCUT2D eigenvalue weighted by atomic mass is 9.79. The number of hydrogen-bond donors (Lipinski definition) is 6. The quantitative estimate of drug-likeness (QED) is 0.270. The predicted molar refractivity (Wildman–Crippen MR) is 124 cm³/mol. The average Bonchev–Trinajstić information content (AvgIpc) is 3.42. The van der Waals surface area contributed by atoms with Gasteiger partial charge in [-0.25, -0.2) is 0 Å². The minimum absolute atomic E-state index is 0.0153. The van der Waals surface area contributed by atoms with Crippen LogP contribution in [0.25, 0.3) is 0 Å². The van der Waals surface area contributed by atoms with Gasteiger partial charge in [0.05, 0.1) is 18.6 Å². The third kappa shape index (κ3) is 6.64. The lowest BCUT2D eigenvalue weighted by molar-refractivity contribution is -0.140. The first kappa shape index (κ1) is 25.9. The van der Waals surface area contributed by atoms with Gasteiger partial charge in [0.1, 0.15) is 12.1 Å². The molecule has 186 valence electrons. The molecule has 0 spiro atoms. The molecule has 0 aliphatic heterocycles. The van der Waals surface area contributed by atoms with Gasteiger partial charge in [0.15, 0.2) is 0 Å². The van der Waals surface area contributed by atoms with Crippen LogP contribution in [0.15, 0.2) is 29.2 Å². The summed E-state index contributed by atoms with van der Waals surface area (Å²) in [5.74, 6) is -2.74. The second kappa shape index (κ2) is 11.1. The molecule has 2 aliphatic rings. The van der Waals surface area contributed by atoms with E-state index in [-0.39, 0.29) is 31.3 Å². The first-order valence-electron chi connectivity index (χ1n) is 11.3. The fourth-order valence-electron chi connectivity index (χ4n) is 4.81. The van der Waals surface area contributed by atoms with E-state index >= 15 is 0 Å². The molecule has 0 saturated heterocycles. The van der Waals surface area contributed by atoms with E-state index in [1.807, 2.05) is 17.5 Å². The third-order valence-electron chi connectivity index (χ3n) is 6.55. The highest BCUT2D eigenvalue weighted by atomic mass is 32.1. The second-order valence-corrected chi connectivity index (χ2v) is 10.2. The maximum absolute atomic E-state index is 12.8. The Morgan fingerprint density at radius 3 is 2.47 bits per heavy atom. The van der Waals surface area contributed by atoms with Crippen molar-refractivity contribution in [2.45, 2.75) is 75.7 Å². The van der Waals surface area contributed by atoms with Crippen molar-refractivity contribution < 1.29 is 34.5 Å². The van der Waals surface area contributed by atoms with Gasteiger partial charge in [0.25, 0.3) is 0 Å². The molecule has 1 aromatic rings. The first-order chi connectivity index (χ1) is 16.1. The number of amides is 3. The fraction of sp³-hybridized carbons (Fsp3) is 0.565. The normalized spacial score (nSPS) is 24.6. The van der Waals surface area contributed by atoms with Crippen molar-refractivity contribution in [2.75, 3.05) is 0 Å².